The van der Waals surface area contributed by atoms with Crippen LogP contribution in [0.4, 0.5) is 5.69 Å². The van der Waals surface area contributed by atoms with Crippen molar-refractivity contribution in [3.63, 3.8) is 0 Å². The second-order valence-electron chi connectivity index (χ2n) is 7.51. The number of rotatable bonds is 7. The lowest BCUT2D eigenvalue weighted by atomic mass is 10.1. The largest absolute Gasteiger partial charge is 0.371 e. The van der Waals surface area contributed by atoms with Gasteiger partial charge in [0.2, 0.25) is 11.8 Å². The monoisotopic (exact) mass is 376 g/mol. The van der Waals surface area contributed by atoms with Crippen molar-refractivity contribution in [2.24, 2.45) is 23.5 Å². The van der Waals surface area contributed by atoms with Crippen molar-refractivity contribution in [2.45, 2.75) is 6.42 Å². The van der Waals surface area contributed by atoms with Crippen LogP contribution in [-0.2, 0) is 4.79 Å². The number of anilines is 1. The maximum absolute atomic E-state index is 11.9. The van der Waals surface area contributed by atoms with Crippen molar-refractivity contribution < 1.29 is 9.59 Å². The fourth-order valence-corrected chi connectivity index (χ4v) is 4.21. The number of nitrogens with one attached hydrogen (secondary N) is 1. The first-order valence-corrected chi connectivity index (χ1v) is 9.62. The number of carbonyl (C=O) groups is 2. The Kier molecular flexibility index (Phi) is 5.10. The molecule has 6 nitrogen and oxygen atoms in total. The molecule has 6 heteroatoms. The van der Waals surface area contributed by atoms with Crippen LogP contribution in [0.25, 0.3) is 6.08 Å². The number of piperidine rings is 1. The van der Waals surface area contributed by atoms with Crippen LogP contribution >= 0.6 is 0 Å². The Morgan fingerprint density at radius 2 is 2.04 bits per heavy atom. The summed E-state index contributed by atoms with van der Waals surface area (Å²) in [4.78, 5) is 29.6. The van der Waals surface area contributed by atoms with Gasteiger partial charge in [-0.3, -0.25) is 14.6 Å². The minimum absolute atomic E-state index is 0.0699. The zero-order valence-corrected chi connectivity index (χ0v) is 15.6. The van der Waals surface area contributed by atoms with E-state index in [1.807, 2.05) is 30.3 Å². The molecular weight excluding hydrogens is 352 g/mol. The highest BCUT2D eigenvalue weighted by molar-refractivity contribution is 5.93. The highest BCUT2D eigenvalue weighted by atomic mass is 16.1. The first-order valence-electron chi connectivity index (χ1n) is 9.62. The maximum atomic E-state index is 11.9. The number of hydrogen-bond donors (Lipinski definition) is 2. The lowest BCUT2D eigenvalue weighted by molar-refractivity contribution is -0.116. The van der Waals surface area contributed by atoms with E-state index < -0.39 is 5.91 Å². The topological polar surface area (TPSA) is 88.3 Å². The molecule has 2 aliphatic rings. The van der Waals surface area contributed by atoms with Crippen LogP contribution in [0.2, 0.25) is 0 Å². The van der Waals surface area contributed by atoms with E-state index in [0.29, 0.717) is 29.9 Å². The van der Waals surface area contributed by atoms with Crippen molar-refractivity contribution in [2.75, 3.05) is 24.5 Å². The van der Waals surface area contributed by atoms with Gasteiger partial charge in [-0.1, -0.05) is 12.1 Å². The zero-order chi connectivity index (χ0) is 19.5. The molecule has 144 valence electrons. The molecule has 1 aliphatic heterocycles. The Bertz CT molecular complexity index is 884. The van der Waals surface area contributed by atoms with E-state index in [0.717, 1.165) is 30.8 Å². The molecule has 1 aliphatic carbocycles. The number of fused-ring (bicyclic) bond motifs is 1. The Morgan fingerprint density at radius 3 is 2.75 bits per heavy atom. The minimum Gasteiger partial charge on any atom is -0.371 e. The van der Waals surface area contributed by atoms with Crippen LogP contribution < -0.4 is 16.0 Å². The van der Waals surface area contributed by atoms with Gasteiger partial charge in [-0.15, -0.1) is 0 Å². The summed E-state index contributed by atoms with van der Waals surface area (Å²) in [5.41, 5.74) is 7.90. The summed E-state index contributed by atoms with van der Waals surface area (Å²) in [6.07, 6.45) is 7.76. The molecule has 2 fully saturated rings. The fourth-order valence-electron chi connectivity index (χ4n) is 4.21. The molecule has 3 atom stereocenters. The summed E-state index contributed by atoms with van der Waals surface area (Å²) < 4.78 is 0. The van der Waals surface area contributed by atoms with Gasteiger partial charge in [0.1, 0.15) is 0 Å². The smallest absolute Gasteiger partial charge is 0.248 e. The number of aromatic nitrogens is 1. The number of amides is 2. The van der Waals surface area contributed by atoms with Gasteiger partial charge >= 0.3 is 0 Å². The normalized spacial score (nSPS) is 22.9. The first-order chi connectivity index (χ1) is 13.6. The molecule has 3 N–H and O–H groups in total. The number of nitrogens with zero attached hydrogens (tertiary/aromatic N) is 2. The second kappa shape index (κ2) is 7.84. The van der Waals surface area contributed by atoms with Gasteiger partial charge < -0.3 is 16.0 Å². The van der Waals surface area contributed by atoms with E-state index in [1.54, 1.807) is 30.6 Å². The number of nitrogens with two attached hydrogens (primary N) is 1. The third-order valence-electron chi connectivity index (χ3n) is 5.76. The van der Waals surface area contributed by atoms with Gasteiger partial charge in [0.05, 0.1) is 0 Å². The molecule has 1 aromatic carbocycles. The quantitative estimate of drug-likeness (QED) is 0.724. The predicted octanol–water partition coefficient (Wildman–Crippen LogP) is 2.08. The van der Waals surface area contributed by atoms with E-state index in [9.17, 15) is 9.59 Å². The molecule has 2 amide bonds. The Hall–Kier alpha value is -3.15. The van der Waals surface area contributed by atoms with E-state index in [-0.39, 0.29) is 5.91 Å². The van der Waals surface area contributed by atoms with Crippen LogP contribution in [0.1, 0.15) is 22.3 Å². The van der Waals surface area contributed by atoms with E-state index in [1.165, 1.54) is 0 Å². The highest BCUT2D eigenvalue weighted by Gasteiger charge is 2.54. The van der Waals surface area contributed by atoms with Gasteiger partial charge in [-0.2, -0.15) is 0 Å². The zero-order valence-electron chi connectivity index (χ0n) is 15.6. The summed E-state index contributed by atoms with van der Waals surface area (Å²) in [6.45, 7) is 2.71. The van der Waals surface area contributed by atoms with Crippen molar-refractivity contribution in [3.05, 3.63) is 66.0 Å². The number of hydrogen-bond acceptors (Lipinski definition) is 4. The molecule has 1 saturated carbocycles. The third kappa shape index (κ3) is 4.06. The average Bonchev–Trinajstić information content (AvgIpc) is 3.16. The number of pyridine rings is 1. The molecule has 0 spiro atoms. The van der Waals surface area contributed by atoms with Crippen LogP contribution in [-0.4, -0.2) is 36.4 Å². The SMILES string of the molecule is NC(=O)c1cccc(N2C[C@@H]3[C@@H](CCNC(=O)/C=C/c4cccnc4)[C@@H]3C2)c1. The van der Waals surface area contributed by atoms with Gasteiger partial charge in [0.25, 0.3) is 0 Å². The molecule has 1 saturated heterocycles. The molecule has 0 unspecified atom stereocenters. The van der Waals surface area contributed by atoms with Gasteiger partial charge in [0.15, 0.2) is 0 Å². The Balaban J connectivity index is 1.20. The summed E-state index contributed by atoms with van der Waals surface area (Å²) in [5.74, 6) is 1.58. The highest BCUT2D eigenvalue weighted by Crippen LogP contribution is 2.54. The average molecular weight is 376 g/mol. The van der Waals surface area contributed by atoms with Crippen LogP contribution in [0.5, 0.6) is 0 Å². The molecule has 0 bridgehead atoms. The predicted molar refractivity (Wildman–Crippen MR) is 109 cm³/mol. The second-order valence-corrected chi connectivity index (χ2v) is 7.51. The van der Waals surface area contributed by atoms with E-state index in [4.69, 9.17) is 5.73 Å². The molecular formula is C22H24N4O2. The maximum Gasteiger partial charge on any atom is 0.248 e. The Labute approximate surface area is 164 Å². The van der Waals surface area contributed by atoms with Crippen molar-refractivity contribution >= 4 is 23.6 Å². The number of benzene rings is 1. The van der Waals surface area contributed by atoms with Crippen LogP contribution in [0, 0.1) is 17.8 Å². The van der Waals surface area contributed by atoms with Crippen LogP contribution in [0.3, 0.4) is 0 Å². The standard InChI is InChI=1S/C22H24N4O2/c23-22(28)16-4-1-5-17(11-16)26-13-19-18(20(19)14-26)8-10-25-21(27)7-6-15-3-2-9-24-12-15/h1-7,9,11-12,18-20H,8,10,13-14H2,(H2,23,28)(H,25,27)/b7-6+/t18-,19-,20+. The van der Waals surface area contributed by atoms with Crippen molar-refractivity contribution in [3.8, 4) is 0 Å². The van der Waals surface area contributed by atoms with Crippen LogP contribution in [0.15, 0.2) is 54.9 Å². The number of primary amides is 1. The van der Waals surface area contributed by atoms with Crippen molar-refractivity contribution in [1.82, 2.24) is 10.3 Å². The van der Waals surface area contributed by atoms with Crippen molar-refractivity contribution in [1.29, 1.82) is 0 Å². The molecule has 4 rings (SSSR count). The van der Waals surface area contributed by atoms with Gasteiger partial charge in [0, 0.05) is 49.4 Å². The van der Waals surface area contributed by atoms with Gasteiger partial charge in [-0.25, -0.2) is 0 Å². The lowest BCUT2D eigenvalue weighted by Crippen LogP contribution is -2.26. The molecule has 1 aromatic heterocycles. The summed E-state index contributed by atoms with van der Waals surface area (Å²) >= 11 is 0. The van der Waals surface area contributed by atoms with E-state index >= 15 is 0 Å². The molecule has 28 heavy (non-hydrogen) atoms. The fraction of sp³-hybridized carbons (Fsp3) is 0.318. The third-order valence-corrected chi connectivity index (χ3v) is 5.76. The summed E-state index contributed by atoms with van der Waals surface area (Å²) in [7, 11) is 0. The Morgan fingerprint density at radius 1 is 1.21 bits per heavy atom. The van der Waals surface area contributed by atoms with E-state index in [2.05, 4.69) is 15.2 Å². The molecule has 2 heterocycles. The lowest BCUT2D eigenvalue weighted by Gasteiger charge is -2.22. The number of carbonyl (C=O) groups excluding carboxylic acids is 2. The van der Waals surface area contributed by atoms with Gasteiger partial charge in [-0.05, 0) is 60.1 Å². The first kappa shape index (κ1) is 18.2. The molecule has 0 radical (unpaired) electrons. The summed E-state index contributed by atoms with van der Waals surface area (Å²) in [5, 5.41) is 2.97. The minimum atomic E-state index is -0.391. The summed E-state index contributed by atoms with van der Waals surface area (Å²) in [6, 6.07) is 11.3. The molecule has 2 aromatic rings.